The van der Waals surface area contributed by atoms with Crippen molar-refractivity contribution in [2.75, 3.05) is 6.54 Å². The lowest BCUT2D eigenvalue weighted by Crippen LogP contribution is -2.44. The molecule has 9 nitrogen and oxygen atoms in total. The summed E-state index contributed by atoms with van der Waals surface area (Å²) in [6.45, 7) is 11.8. The van der Waals surface area contributed by atoms with E-state index < -0.39 is 35.9 Å². The van der Waals surface area contributed by atoms with Crippen LogP contribution in [0.2, 0.25) is 0 Å². The monoisotopic (exact) mass is 601 g/mol. The van der Waals surface area contributed by atoms with E-state index in [1.165, 1.54) is 18.3 Å². The Hall–Kier alpha value is -3.27. The third-order valence-electron chi connectivity index (χ3n) is 7.21. The van der Waals surface area contributed by atoms with E-state index in [0.717, 1.165) is 24.8 Å². The summed E-state index contributed by atoms with van der Waals surface area (Å²) in [6, 6.07) is 9.00. The Morgan fingerprint density at radius 1 is 1.05 bits per heavy atom. The fourth-order valence-electron chi connectivity index (χ4n) is 4.98. The molecule has 2 rings (SSSR count). The normalized spacial score (nSPS) is 14.1. The summed E-state index contributed by atoms with van der Waals surface area (Å²) in [6.07, 6.45) is 3.43. The lowest BCUT2D eigenvalue weighted by Gasteiger charge is -2.36. The molecule has 1 aromatic carbocycles. The van der Waals surface area contributed by atoms with Crippen molar-refractivity contribution in [2.24, 2.45) is 11.8 Å². The van der Waals surface area contributed by atoms with E-state index in [9.17, 15) is 24.3 Å². The average Bonchev–Trinajstić information content (AvgIpc) is 3.43. The molecule has 2 aromatic rings. The van der Waals surface area contributed by atoms with Gasteiger partial charge in [-0.2, -0.15) is 0 Å². The molecule has 0 bridgehead atoms. The number of carbonyl (C=O) groups excluding carboxylic acids is 3. The topological polar surface area (TPSA) is 126 Å². The number of carboxylic acid groups (broad SMARTS) is 1. The zero-order valence-electron chi connectivity index (χ0n) is 25.8. The summed E-state index contributed by atoms with van der Waals surface area (Å²) >= 11 is 1.23. The number of carboxylic acids is 1. The van der Waals surface area contributed by atoms with Gasteiger partial charge in [-0.1, -0.05) is 71.4 Å². The number of hydrogen-bond acceptors (Lipinski definition) is 7. The molecule has 0 radical (unpaired) electrons. The second kappa shape index (κ2) is 17.6. The number of carbonyl (C=O) groups is 4. The first kappa shape index (κ1) is 34.9. The van der Waals surface area contributed by atoms with Crippen LogP contribution in [0.5, 0.6) is 0 Å². The minimum atomic E-state index is -0.924. The predicted molar refractivity (Wildman–Crippen MR) is 164 cm³/mol. The van der Waals surface area contributed by atoms with E-state index in [1.54, 1.807) is 12.3 Å². The Morgan fingerprint density at radius 2 is 1.74 bits per heavy atom. The quantitative estimate of drug-likeness (QED) is 0.199. The molecule has 0 aliphatic rings. The zero-order chi connectivity index (χ0) is 31.2. The molecular formula is C32H47N3O6S. The van der Waals surface area contributed by atoms with Crippen LogP contribution in [0.1, 0.15) is 107 Å². The van der Waals surface area contributed by atoms with Crippen LogP contribution in [0.3, 0.4) is 0 Å². The van der Waals surface area contributed by atoms with Crippen molar-refractivity contribution < 1.29 is 29.0 Å². The Bertz CT molecular complexity index is 1150. The van der Waals surface area contributed by atoms with Gasteiger partial charge in [0.25, 0.3) is 5.91 Å². The molecule has 10 heteroatoms. The van der Waals surface area contributed by atoms with Crippen molar-refractivity contribution >= 4 is 35.1 Å². The first-order valence-corrected chi connectivity index (χ1v) is 15.8. The number of ether oxygens (including phenoxy) is 1. The summed E-state index contributed by atoms with van der Waals surface area (Å²) in [5.74, 6) is -2.24. The number of nitrogens with one attached hydrogen (secondary N) is 1. The van der Waals surface area contributed by atoms with Gasteiger partial charge in [-0.15, -0.1) is 11.3 Å². The van der Waals surface area contributed by atoms with Crippen molar-refractivity contribution in [3.05, 3.63) is 52.0 Å². The van der Waals surface area contributed by atoms with E-state index in [1.807, 2.05) is 42.2 Å². The third kappa shape index (κ3) is 11.2. The summed E-state index contributed by atoms with van der Waals surface area (Å²) in [4.78, 5) is 56.6. The molecular weight excluding hydrogens is 554 g/mol. The number of hydrogen-bond donors (Lipinski definition) is 2. The van der Waals surface area contributed by atoms with E-state index in [2.05, 4.69) is 31.1 Å². The first-order valence-electron chi connectivity index (χ1n) is 15.0. The summed E-state index contributed by atoms with van der Waals surface area (Å²) in [5, 5.41) is 14.5. The van der Waals surface area contributed by atoms with Gasteiger partial charge in [-0.25, -0.2) is 4.98 Å². The Labute approximate surface area is 254 Å². The maximum atomic E-state index is 13.3. The second-order valence-corrected chi connectivity index (χ2v) is 12.1. The third-order valence-corrected chi connectivity index (χ3v) is 8.15. The molecule has 0 saturated heterocycles. The highest BCUT2D eigenvalue weighted by molar-refractivity contribution is 7.09. The number of unbranched alkanes of at least 4 members (excludes halogenated alkanes) is 1. The van der Waals surface area contributed by atoms with E-state index in [-0.39, 0.29) is 30.0 Å². The largest absolute Gasteiger partial charge is 0.481 e. The average molecular weight is 602 g/mol. The van der Waals surface area contributed by atoms with Crippen LogP contribution in [0, 0.1) is 11.8 Å². The first-order chi connectivity index (χ1) is 20.0. The highest BCUT2D eigenvalue weighted by Crippen LogP contribution is 2.31. The molecule has 42 heavy (non-hydrogen) atoms. The SMILES string of the molecule is CCCCC(=O)N(CCC)C(CC(OC(C)=O)c1nc(C(=O)NC(Cc2ccccc2)CC(C)C(=O)O)cs1)C(C)C. The van der Waals surface area contributed by atoms with Crippen molar-refractivity contribution in [1.82, 2.24) is 15.2 Å². The molecule has 2 amide bonds. The lowest BCUT2D eigenvalue weighted by atomic mass is 9.95. The van der Waals surface area contributed by atoms with Crippen LogP contribution in [-0.2, 0) is 25.5 Å². The highest BCUT2D eigenvalue weighted by atomic mass is 32.1. The van der Waals surface area contributed by atoms with E-state index in [4.69, 9.17) is 4.74 Å². The van der Waals surface area contributed by atoms with Crippen LogP contribution in [0.15, 0.2) is 35.7 Å². The number of aromatic nitrogens is 1. The van der Waals surface area contributed by atoms with Crippen LogP contribution < -0.4 is 5.32 Å². The number of nitrogens with zero attached hydrogens (tertiary/aromatic N) is 2. The molecule has 0 aliphatic carbocycles. The van der Waals surface area contributed by atoms with Crippen molar-refractivity contribution in [1.29, 1.82) is 0 Å². The van der Waals surface area contributed by atoms with Crippen molar-refractivity contribution in [3.8, 4) is 0 Å². The van der Waals surface area contributed by atoms with Gasteiger partial charge in [-0.3, -0.25) is 19.2 Å². The number of rotatable bonds is 18. The maximum Gasteiger partial charge on any atom is 0.306 e. The van der Waals surface area contributed by atoms with Crippen LogP contribution in [0.25, 0.3) is 0 Å². The van der Waals surface area contributed by atoms with E-state index >= 15 is 0 Å². The molecule has 1 heterocycles. The molecule has 0 saturated carbocycles. The Morgan fingerprint density at radius 3 is 2.31 bits per heavy atom. The predicted octanol–water partition coefficient (Wildman–Crippen LogP) is 6.04. The minimum absolute atomic E-state index is 0.0956. The fraction of sp³-hybridized carbons (Fsp3) is 0.594. The molecule has 1 aromatic heterocycles. The van der Waals surface area contributed by atoms with E-state index in [0.29, 0.717) is 30.8 Å². The van der Waals surface area contributed by atoms with Gasteiger partial charge < -0.3 is 20.1 Å². The van der Waals surface area contributed by atoms with Crippen LogP contribution in [0.4, 0.5) is 0 Å². The van der Waals surface area contributed by atoms with Gasteiger partial charge >= 0.3 is 11.9 Å². The van der Waals surface area contributed by atoms with Crippen LogP contribution in [-0.4, -0.2) is 57.4 Å². The minimum Gasteiger partial charge on any atom is -0.481 e. The lowest BCUT2D eigenvalue weighted by molar-refractivity contribution is -0.149. The number of aliphatic carboxylic acids is 1. The fourth-order valence-corrected chi connectivity index (χ4v) is 5.82. The summed E-state index contributed by atoms with van der Waals surface area (Å²) in [7, 11) is 0. The molecule has 4 unspecified atom stereocenters. The van der Waals surface area contributed by atoms with Crippen molar-refractivity contribution in [3.63, 3.8) is 0 Å². The Kier molecular flexibility index (Phi) is 14.7. The number of benzene rings is 1. The molecule has 2 N–H and O–H groups in total. The smallest absolute Gasteiger partial charge is 0.306 e. The van der Waals surface area contributed by atoms with Crippen molar-refractivity contribution in [2.45, 2.75) is 105 Å². The van der Waals surface area contributed by atoms with Crippen LogP contribution >= 0.6 is 11.3 Å². The molecule has 0 fully saturated rings. The number of amides is 2. The second-order valence-electron chi connectivity index (χ2n) is 11.2. The zero-order valence-corrected chi connectivity index (χ0v) is 26.6. The number of esters is 1. The Balaban J connectivity index is 2.28. The van der Waals surface area contributed by atoms with Gasteiger partial charge in [0.15, 0.2) is 6.10 Å². The van der Waals surface area contributed by atoms with Gasteiger partial charge in [0.2, 0.25) is 5.91 Å². The molecule has 4 atom stereocenters. The highest BCUT2D eigenvalue weighted by Gasteiger charge is 2.32. The standard InChI is InChI=1S/C32H47N3O6S/c1-7-9-15-29(37)35(16-8-2)27(21(3)4)19-28(41-23(6)36)31-34-26(20-42-31)30(38)33-25(17-22(5)32(39)40)18-24-13-11-10-12-14-24/h10-14,20-22,25,27-28H,7-9,15-19H2,1-6H3,(H,33,38)(H,39,40). The molecule has 0 spiro atoms. The van der Waals surface area contributed by atoms with Gasteiger partial charge in [-0.05, 0) is 37.2 Å². The number of thiazole rings is 1. The molecule has 0 aliphatic heterocycles. The van der Waals surface area contributed by atoms with Gasteiger partial charge in [0.05, 0.1) is 5.92 Å². The summed E-state index contributed by atoms with van der Waals surface area (Å²) < 4.78 is 5.71. The van der Waals surface area contributed by atoms with Gasteiger partial charge in [0, 0.05) is 43.8 Å². The maximum absolute atomic E-state index is 13.3. The van der Waals surface area contributed by atoms with Gasteiger partial charge in [0.1, 0.15) is 10.7 Å². The summed E-state index contributed by atoms with van der Waals surface area (Å²) in [5.41, 5.74) is 1.16. The molecule has 232 valence electrons.